The molecule has 2 rings (SSSR count). The minimum atomic E-state index is -0.479. The summed E-state index contributed by atoms with van der Waals surface area (Å²) in [6.07, 6.45) is 0.396. The summed E-state index contributed by atoms with van der Waals surface area (Å²) in [5.41, 5.74) is 0.981. The van der Waals surface area contributed by atoms with Gasteiger partial charge in [0.2, 0.25) is 0 Å². The largest absolute Gasteiger partial charge is 0.427 e. The molecule has 0 fully saturated rings. The number of rotatable bonds is 4. The van der Waals surface area contributed by atoms with E-state index in [1.807, 2.05) is 0 Å². The first-order chi connectivity index (χ1) is 9.99. The molecule has 0 unspecified atom stereocenters. The van der Waals surface area contributed by atoms with Crippen molar-refractivity contribution in [1.82, 2.24) is 5.32 Å². The van der Waals surface area contributed by atoms with Gasteiger partial charge in [0.1, 0.15) is 11.6 Å². The molecule has 21 heavy (non-hydrogen) atoms. The van der Waals surface area contributed by atoms with Crippen molar-refractivity contribution in [1.29, 1.82) is 0 Å². The molecule has 0 aliphatic carbocycles. The highest BCUT2D eigenvalue weighted by molar-refractivity contribution is 5.96. The van der Waals surface area contributed by atoms with E-state index in [0.29, 0.717) is 29.7 Å². The lowest BCUT2D eigenvalue weighted by Gasteiger charge is -2.09. The number of aryl methyl sites for hydroxylation is 2. The monoisotopic (exact) mass is 289 g/mol. The molecule has 0 radical (unpaired) electrons. The summed E-state index contributed by atoms with van der Waals surface area (Å²) in [6.45, 7) is 3.55. The van der Waals surface area contributed by atoms with Crippen LogP contribution >= 0.6 is 0 Å². The average Bonchev–Trinajstić information content (AvgIpc) is 2.39. The van der Waals surface area contributed by atoms with Crippen molar-refractivity contribution in [3.05, 3.63) is 69.0 Å². The lowest BCUT2D eigenvalue weighted by Crippen LogP contribution is -2.28. The Morgan fingerprint density at radius 1 is 1.29 bits per heavy atom. The predicted octanol–water partition coefficient (Wildman–Crippen LogP) is 2.37. The van der Waals surface area contributed by atoms with E-state index >= 15 is 0 Å². The zero-order valence-electron chi connectivity index (χ0n) is 11.9. The first-order valence-corrected chi connectivity index (χ1v) is 6.62. The summed E-state index contributed by atoms with van der Waals surface area (Å²) in [5.74, 6) is -0.335. The third-order valence-corrected chi connectivity index (χ3v) is 3.20. The maximum absolute atomic E-state index is 13.4. The molecule has 0 bridgehead atoms. The van der Waals surface area contributed by atoms with E-state index in [1.54, 1.807) is 32.0 Å². The van der Waals surface area contributed by atoms with Crippen molar-refractivity contribution in [2.24, 2.45) is 0 Å². The molecular weight excluding hydrogens is 273 g/mol. The van der Waals surface area contributed by atoms with Crippen molar-refractivity contribution in [2.45, 2.75) is 20.3 Å². The van der Waals surface area contributed by atoms with E-state index in [9.17, 15) is 14.0 Å². The molecule has 0 spiro atoms. The van der Waals surface area contributed by atoms with Crippen LogP contribution in [-0.2, 0) is 6.42 Å². The molecule has 2 aromatic rings. The van der Waals surface area contributed by atoms with Gasteiger partial charge < -0.3 is 9.73 Å². The highest BCUT2D eigenvalue weighted by Crippen LogP contribution is 2.11. The van der Waals surface area contributed by atoms with Crippen LogP contribution in [0.15, 0.2) is 39.5 Å². The van der Waals surface area contributed by atoms with Gasteiger partial charge in [-0.2, -0.15) is 0 Å². The molecule has 0 atom stereocenters. The fourth-order valence-electron chi connectivity index (χ4n) is 2.20. The number of nitrogens with one attached hydrogen (secondary N) is 1. The van der Waals surface area contributed by atoms with Crippen molar-refractivity contribution in [3.8, 4) is 0 Å². The van der Waals surface area contributed by atoms with E-state index in [-0.39, 0.29) is 17.5 Å². The standard InChI is InChI=1S/C16H16FNO3/c1-10-9-14(19)21-11(2)15(10)16(20)18-8-7-12-5-3-4-6-13(12)17/h3-6,9H,7-8H2,1-2H3,(H,18,20). The Morgan fingerprint density at radius 3 is 2.67 bits per heavy atom. The van der Waals surface area contributed by atoms with Gasteiger partial charge in [-0.1, -0.05) is 18.2 Å². The second-order valence-electron chi connectivity index (χ2n) is 4.78. The van der Waals surface area contributed by atoms with Crippen LogP contribution in [-0.4, -0.2) is 12.5 Å². The molecule has 110 valence electrons. The van der Waals surface area contributed by atoms with Gasteiger partial charge in [-0.15, -0.1) is 0 Å². The van der Waals surface area contributed by atoms with Crippen LogP contribution < -0.4 is 10.9 Å². The van der Waals surface area contributed by atoms with E-state index in [1.165, 1.54) is 12.1 Å². The van der Waals surface area contributed by atoms with E-state index in [0.717, 1.165) is 0 Å². The second-order valence-corrected chi connectivity index (χ2v) is 4.78. The van der Waals surface area contributed by atoms with Crippen molar-refractivity contribution >= 4 is 5.91 Å². The Hall–Kier alpha value is -2.43. The van der Waals surface area contributed by atoms with Crippen molar-refractivity contribution < 1.29 is 13.6 Å². The van der Waals surface area contributed by atoms with E-state index in [2.05, 4.69) is 5.32 Å². The van der Waals surface area contributed by atoms with Crippen LogP contribution in [0.4, 0.5) is 4.39 Å². The van der Waals surface area contributed by atoms with Crippen LogP contribution in [0.25, 0.3) is 0 Å². The summed E-state index contributed by atoms with van der Waals surface area (Å²) in [6, 6.07) is 7.71. The molecule has 1 aromatic heterocycles. The first-order valence-electron chi connectivity index (χ1n) is 6.62. The van der Waals surface area contributed by atoms with Gasteiger partial charge in [-0.3, -0.25) is 4.79 Å². The highest BCUT2D eigenvalue weighted by Gasteiger charge is 2.14. The zero-order valence-corrected chi connectivity index (χ0v) is 11.9. The highest BCUT2D eigenvalue weighted by atomic mass is 19.1. The van der Waals surface area contributed by atoms with Gasteiger partial charge in [0.15, 0.2) is 0 Å². The fourth-order valence-corrected chi connectivity index (χ4v) is 2.20. The number of hydrogen-bond donors (Lipinski definition) is 1. The van der Waals surface area contributed by atoms with Gasteiger partial charge in [-0.05, 0) is 37.5 Å². The predicted molar refractivity (Wildman–Crippen MR) is 76.9 cm³/mol. The summed E-state index contributed by atoms with van der Waals surface area (Å²) in [7, 11) is 0. The average molecular weight is 289 g/mol. The fraction of sp³-hybridized carbons (Fsp3) is 0.250. The van der Waals surface area contributed by atoms with E-state index < -0.39 is 5.63 Å². The van der Waals surface area contributed by atoms with Crippen LogP contribution in [0, 0.1) is 19.7 Å². The number of carbonyl (C=O) groups is 1. The Bertz CT molecular complexity index is 695. The lowest BCUT2D eigenvalue weighted by atomic mass is 10.1. The Balaban J connectivity index is 2.03. The molecule has 0 saturated heterocycles. The smallest absolute Gasteiger partial charge is 0.336 e. The summed E-state index contributed by atoms with van der Waals surface area (Å²) < 4.78 is 18.4. The number of benzene rings is 1. The van der Waals surface area contributed by atoms with Crippen LogP contribution in [0.3, 0.4) is 0 Å². The normalized spacial score (nSPS) is 10.4. The van der Waals surface area contributed by atoms with Gasteiger partial charge in [-0.25, -0.2) is 9.18 Å². The molecule has 0 aliphatic rings. The number of halogens is 1. The lowest BCUT2D eigenvalue weighted by molar-refractivity contribution is 0.0949. The van der Waals surface area contributed by atoms with Gasteiger partial charge in [0, 0.05) is 12.6 Å². The van der Waals surface area contributed by atoms with E-state index in [4.69, 9.17) is 4.42 Å². The Labute approximate surface area is 121 Å². The van der Waals surface area contributed by atoms with Crippen molar-refractivity contribution in [3.63, 3.8) is 0 Å². The third-order valence-electron chi connectivity index (χ3n) is 3.20. The SMILES string of the molecule is Cc1cc(=O)oc(C)c1C(=O)NCCc1ccccc1F. The number of amides is 1. The maximum atomic E-state index is 13.4. The molecule has 4 nitrogen and oxygen atoms in total. The van der Waals surface area contributed by atoms with Gasteiger partial charge in [0.05, 0.1) is 5.56 Å². The van der Waals surface area contributed by atoms with Crippen LogP contribution in [0.2, 0.25) is 0 Å². The van der Waals surface area contributed by atoms with Gasteiger partial charge in [0.25, 0.3) is 5.91 Å². The Kier molecular flexibility index (Phi) is 4.52. The summed E-state index contributed by atoms with van der Waals surface area (Å²) in [4.78, 5) is 23.3. The molecule has 5 heteroatoms. The summed E-state index contributed by atoms with van der Waals surface area (Å²) in [5, 5.41) is 2.71. The maximum Gasteiger partial charge on any atom is 0.336 e. The molecule has 1 amide bonds. The minimum Gasteiger partial charge on any atom is -0.427 e. The molecule has 0 aliphatic heterocycles. The first kappa shape index (κ1) is 15.0. The summed E-state index contributed by atoms with van der Waals surface area (Å²) >= 11 is 0. The molecular formula is C16H16FNO3. The number of hydrogen-bond acceptors (Lipinski definition) is 3. The molecule has 1 N–H and O–H groups in total. The van der Waals surface area contributed by atoms with Crippen LogP contribution in [0.1, 0.15) is 27.2 Å². The molecule has 1 aromatic carbocycles. The topological polar surface area (TPSA) is 59.3 Å². The Morgan fingerprint density at radius 2 is 2.00 bits per heavy atom. The number of carbonyl (C=O) groups excluding carboxylic acids is 1. The van der Waals surface area contributed by atoms with Gasteiger partial charge >= 0.3 is 5.63 Å². The zero-order chi connectivity index (χ0) is 15.4. The van der Waals surface area contributed by atoms with Crippen LogP contribution in [0.5, 0.6) is 0 Å². The van der Waals surface area contributed by atoms with Crippen molar-refractivity contribution in [2.75, 3.05) is 6.54 Å². The minimum absolute atomic E-state index is 0.281. The molecule has 1 heterocycles. The third kappa shape index (κ3) is 3.56. The quantitative estimate of drug-likeness (QED) is 0.940. The molecule has 0 saturated carbocycles. The second kappa shape index (κ2) is 6.35.